The number of para-hydroxylation sites is 3. The van der Waals surface area contributed by atoms with Gasteiger partial charge >= 0.3 is 0 Å². The average molecular weight is 615 g/mol. The molecule has 1 aliphatic carbocycles. The van der Waals surface area contributed by atoms with Crippen molar-refractivity contribution in [1.29, 1.82) is 0 Å². The molecule has 0 amide bonds. The molecule has 4 heteroatoms. The van der Waals surface area contributed by atoms with E-state index in [1.807, 2.05) is 6.20 Å². The predicted molar refractivity (Wildman–Crippen MR) is 199 cm³/mol. The van der Waals surface area contributed by atoms with Crippen molar-refractivity contribution >= 4 is 39.3 Å². The molecule has 3 aliphatic rings. The van der Waals surface area contributed by atoms with Gasteiger partial charge in [0, 0.05) is 57.0 Å². The van der Waals surface area contributed by atoms with Gasteiger partial charge in [-0.15, -0.1) is 0 Å². The third kappa shape index (κ3) is 4.02. The Hall–Kier alpha value is -6.26. The first-order valence-electron chi connectivity index (χ1n) is 16.5. The molecular formula is C44H30N4. The van der Waals surface area contributed by atoms with Crippen molar-refractivity contribution in [2.45, 2.75) is 6.04 Å². The van der Waals surface area contributed by atoms with Crippen LogP contribution in [0.25, 0.3) is 61.0 Å². The van der Waals surface area contributed by atoms with Crippen molar-refractivity contribution in [3.63, 3.8) is 0 Å². The second kappa shape index (κ2) is 10.6. The smallest absolute Gasteiger partial charge is 0.0781 e. The number of hydrogen-bond acceptors (Lipinski definition) is 3. The van der Waals surface area contributed by atoms with E-state index in [0.29, 0.717) is 0 Å². The Labute approximate surface area is 279 Å². The van der Waals surface area contributed by atoms with Gasteiger partial charge < -0.3 is 9.47 Å². The number of hydrogen-bond donors (Lipinski definition) is 0. The predicted octanol–water partition coefficient (Wildman–Crippen LogP) is 10.7. The largest absolute Gasteiger partial charge is 0.309 e. The van der Waals surface area contributed by atoms with Gasteiger partial charge in [0.05, 0.1) is 40.0 Å². The van der Waals surface area contributed by atoms with Crippen LogP contribution in [-0.2, 0) is 0 Å². The van der Waals surface area contributed by atoms with Gasteiger partial charge in [0.1, 0.15) is 0 Å². The van der Waals surface area contributed by atoms with Crippen LogP contribution in [-0.4, -0.2) is 21.8 Å². The first kappa shape index (κ1) is 26.9. The number of aliphatic imine (C=N–C) groups is 1. The summed E-state index contributed by atoms with van der Waals surface area (Å²) in [4.78, 5) is 12.3. The highest BCUT2D eigenvalue weighted by atomic mass is 15.2. The van der Waals surface area contributed by atoms with Crippen molar-refractivity contribution in [3.05, 3.63) is 170 Å². The molecule has 0 spiro atoms. The summed E-state index contributed by atoms with van der Waals surface area (Å²) in [5.41, 5.74) is 12.5. The zero-order valence-corrected chi connectivity index (χ0v) is 26.1. The van der Waals surface area contributed by atoms with E-state index in [1.54, 1.807) is 0 Å². The minimum atomic E-state index is 0.144. The highest BCUT2D eigenvalue weighted by Crippen LogP contribution is 2.53. The lowest BCUT2D eigenvalue weighted by atomic mass is 9.92. The standard InChI is InChI=1S/C44H30N4/c1-3-16-34-29(12-1)24-25-45-43(34)31-14-11-15-32(27-31)48-40-22-9-5-18-36(40)42-35-17-4-8-21-39(35)47(41-23-10-6-19-37(41)44(42)48)33-26-30-13-2-7-20-38(30)46-28-33/h1-28,30,38H. The Kier molecular flexibility index (Phi) is 5.97. The van der Waals surface area contributed by atoms with Gasteiger partial charge in [-0.1, -0.05) is 115 Å². The SMILES string of the molecule is C1=CC2C=C(N3c4ccccc4-c4c(n(-c5cccc(-c6nccc7ccccc67)c5)c5ccccc45)-c4ccccc43)C=NC2C=C1. The molecule has 48 heavy (non-hydrogen) atoms. The van der Waals surface area contributed by atoms with E-state index in [0.717, 1.165) is 39.4 Å². The first-order valence-corrected chi connectivity index (χ1v) is 16.5. The second-order valence-electron chi connectivity index (χ2n) is 12.6. The minimum Gasteiger partial charge on any atom is -0.309 e. The van der Waals surface area contributed by atoms with E-state index >= 15 is 0 Å². The minimum absolute atomic E-state index is 0.144. The van der Waals surface area contributed by atoms with Gasteiger partial charge in [-0.05, 0) is 47.9 Å². The lowest BCUT2D eigenvalue weighted by molar-refractivity contribution is 0.676. The van der Waals surface area contributed by atoms with Crippen molar-refractivity contribution < 1.29 is 0 Å². The monoisotopic (exact) mass is 614 g/mol. The van der Waals surface area contributed by atoms with E-state index in [1.165, 1.54) is 38.7 Å². The molecule has 0 saturated heterocycles. The van der Waals surface area contributed by atoms with Crippen LogP contribution < -0.4 is 4.90 Å². The molecule has 2 aliphatic heterocycles. The molecule has 226 valence electrons. The van der Waals surface area contributed by atoms with Gasteiger partial charge in [-0.25, -0.2) is 0 Å². The Balaban J connectivity index is 1.26. The Morgan fingerprint density at radius 3 is 2.29 bits per heavy atom. The van der Waals surface area contributed by atoms with E-state index in [4.69, 9.17) is 9.98 Å². The van der Waals surface area contributed by atoms with Gasteiger partial charge in [0.15, 0.2) is 0 Å². The molecule has 5 aromatic carbocycles. The summed E-state index contributed by atoms with van der Waals surface area (Å²) in [6.07, 6.45) is 15.0. The fourth-order valence-corrected chi connectivity index (χ4v) is 7.79. The summed E-state index contributed by atoms with van der Waals surface area (Å²) >= 11 is 0. The number of nitrogens with zero attached hydrogens (tertiary/aromatic N) is 4. The van der Waals surface area contributed by atoms with E-state index in [9.17, 15) is 0 Å². The molecule has 0 bridgehead atoms. The number of allylic oxidation sites excluding steroid dienone is 3. The number of rotatable bonds is 3. The van der Waals surface area contributed by atoms with Gasteiger partial charge in [0.25, 0.3) is 0 Å². The quantitative estimate of drug-likeness (QED) is 0.198. The van der Waals surface area contributed by atoms with Crippen LogP contribution in [0.5, 0.6) is 0 Å². The third-order valence-corrected chi connectivity index (χ3v) is 9.89. The second-order valence-corrected chi connectivity index (χ2v) is 12.6. The maximum Gasteiger partial charge on any atom is 0.0781 e. The summed E-state index contributed by atoms with van der Waals surface area (Å²) in [5.74, 6) is 0.222. The number of aromatic nitrogens is 2. The van der Waals surface area contributed by atoms with Crippen molar-refractivity contribution in [2.24, 2.45) is 10.9 Å². The van der Waals surface area contributed by atoms with Crippen LogP contribution in [0.3, 0.4) is 0 Å². The lowest BCUT2D eigenvalue weighted by Crippen LogP contribution is -2.26. The zero-order chi connectivity index (χ0) is 31.6. The van der Waals surface area contributed by atoms with Crippen LogP contribution in [0.15, 0.2) is 175 Å². The van der Waals surface area contributed by atoms with Crippen LogP contribution in [0.4, 0.5) is 11.4 Å². The van der Waals surface area contributed by atoms with E-state index in [-0.39, 0.29) is 12.0 Å². The Bertz CT molecular complexity index is 2540. The van der Waals surface area contributed by atoms with Gasteiger partial charge in [-0.3, -0.25) is 9.98 Å². The zero-order valence-electron chi connectivity index (χ0n) is 26.1. The topological polar surface area (TPSA) is 33.4 Å². The highest BCUT2D eigenvalue weighted by Gasteiger charge is 2.33. The number of dihydropyridines is 1. The lowest BCUT2D eigenvalue weighted by Gasteiger charge is -2.32. The summed E-state index contributed by atoms with van der Waals surface area (Å²) in [5, 5.41) is 3.55. The molecule has 2 unspecified atom stereocenters. The third-order valence-electron chi connectivity index (χ3n) is 9.89. The summed E-state index contributed by atoms with van der Waals surface area (Å²) in [6.45, 7) is 0. The molecule has 10 rings (SSSR count). The van der Waals surface area contributed by atoms with Crippen LogP contribution >= 0.6 is 0 Å². The molecule has 0 saturated carbocycles. The molecule has 4 heterocycles. The highest BCUT2D eigenvalue weighted by molar-refractivity contribution is 6.13. The summed E-state index contributed by atoms with van der Waals surface area (Å²) < 4.78 is 2.45. The molecule has 2 atom stereocenters. The maximum atomic E-state index is 5.01. The number of fused-ring (bicyclic) bond motifs is 9. The molecule has 0 N–H and O–H groups in total. The van der Waals surface area contributed by atoms with Crippen molar-refractivity contribution in [1.82, 2.24) is 9.55 Å². The first-order chi connectivity index (χ1) is 23.8. The molecule has 0 radical (unpaired) electrons. The van der Waals surface area contributed by atoms with Crippen LogP contribution in [0, 0.1) is 5.92 Å². The molecule has 0 fully saturated rings. The van der Waals surface area contributed by atoms with Gasteiger partial charge in [0.2, 0.25) is 0 Å². The van der Waals surface area contributed by atoms with Crippen molar-refractivity contribution in [2.75, 3.05) is 4.90 Å². The van der Waals surface area contributed by atoms with E-state index in [2.05, 4.69) is 173 Å². The fourth-order valence-electron chi connectivity index (χ4n) is 7.79. The number of benzene rings is 5. The van der Waals surface area contributed by atoms with Gasteiger partial charge in [-0.2, -0.15) is 0 Å². The van der Waals surface area contributed by atoms with Crippen molar-refractivity contribution in [3.8, 4) is 39.3 Å². The summed E-state index contributed by atoms with van der Waals surface area (Å²) in [6, 6.07) is 46.0. The molecule has 2 aromatic heterocycles. The van der Waals surface area contributed by atoms with E-state index < -0.39 is 0 Å². The van der Waals surface area contributed by atoms with Crippen LogP contribution in [0.2, 0.25) is 0 Å². The number of pyridine rings is 1. The average Bonchev–Trinajstić information content (AvgIpc) is 3.44. The molecule has 4 nitrogen and oxygen atoms in total. The summed E-state index contributed by atoms with van der Waals surface area (Å²) in [7, 11) is 0. The Morgan fingerprint density at radius 1 is 0.625 bits per heavy atom. The Morgan fingerprint density at radius 2 is 1.38 bits per heavy atom. The normalized spacial score (nSPS) is 17.4. The molecular weight excluding hydrogens is 585 g/mol. The van der Waals surface area contributed by atoms with Crippen LogP contribution in [0.1, 0.15) is 0 Å². The fraction of sp³-hybridized carbons (Fsp3) is 0.0455. The number of anilines is 2. The maximum absolute atomic E-state index is 5.01. The molecule has 7 aromatic rings.